The first kappa shape index (κ1) is 21.0. The zero-order chi connectivity index (χ0) is 21.3. The van der Waals surface area contributed by atoms with Crippen molar-refractivity contribution in [2.75, 3.05) is 6.61 Å². The number of phosphoric acid groups is 1. The van der Waals surface area contributed by atoms with Crippen LogP contribution >= 0.6 is 7.82 Å². The van der Waals surface area contributed by atoms with Crippen molar-refractivity contribution in [2.45, 2.75) is 19.1 Å². The van der Waals surface area contributed by atoms with E-state index in [1.165, 1.54) is 31.2 Å². The van der Waals surface area contributed by atoms with Crippen LogP contribution < -0.4 is 5.32 Å². The average molecular weight is 419 g/mol. The molecule has 1 aliphatic carbocycles. The summed E-state index contributed by atoms with van der Waals surface area (Å²) < 4.78 is 15.4. The van der Waals surface area contributed by atoms with Crippen LogP contribution in [0.5, 0.6) is 0 Å². The largest absolute Gasteiger partial charge is 0.469 e. The first-order valence-corrected chi connectivity index (χ1v) is 10.1. The summed E-state index contributed by atoms with van der Waals surface area (Å²) in [5, 5.41) is 11.8. The molecule has 9 nitrogen and oxygen atoms in total. The molecule has 0 spiro atoms. The molecule has 2 aromatic rings. The van der Waals surface area contributed by atoms with Crippen LogP contribution in [-0.2, 0) is 9.09 Å². The number of aliphatic hydroxyl groups excluding tert-OH is 1. The standard InChI is InChI=1S/C19H18NO8P/c1-10(28-29(25,26)27)16(9-21)20-19(24)11-6-7-14-15(8-11)18(23)13-5-3-2-4-12(13)17(14)22/h2-8,10,16,21H,9H2,1H3,(H,20,24)(H2,25,26,27)/t10-,16-/m0/s1. The SMILES string of the molecule is C[C@H](OP(=O)(O)O)[C@H](CO)NC(=O)c1ccc2c(c1)C(=O)c1ccccc1C2=O. The number of amides is 1. The molecule has 10 heteroatoms. The van der Waals surface area contributed by atoms with E-state index in [1.54, 1.807) is 18.2 Å². The normalized spacial score (nSPS) is 15.3. The first-order chi connectivity index (χ1) is 13.6. The Balaban J connectivity index is 1.86. The summed E-state index contributed by atoms with van der Waals surface area (Å²) in [5.74, 6) is -1.41. The minimum atomic E-state index is -4.81. The smallest absolute Gasteiger partial charge is 0.394 e. The molecule has 2 atom stereocenters. The van der Waals surface area contributed by atoms with Gasteiger partial charge < -0.3 is 20.2 Å². The molecule has 0 saturated carbocycles. The van der Waals surface area contributed by atoms with Crippen LogP contribution in [0, 0.1) is 0 Å². The van der Waals surface area contributed by atoms with Gasteiger partial charge in [-0.05, 0) is 25.1 Å². The van der Waals surface area contributed by atoms with Crippen LogP contribution in [-0.4, -0.2) is 51.1 Å². The molecular weight excluding hydrogens is 401 g/mol. The summed E-state index contributed by atoms with van der Waals surface area (Å²) in [4.78, 5) is 55.6. The number of nitrogens with one attached hydrogen (secondary N) is 1. The van der Waals surface area contributed by atoms with E-state index >= 15 is 0 Å². The van der Waals surface area contributed by atoms with Crippen molar-refractivity contribution in [3.63, 3.8) is 0 Å². The van der Waals surface area contributed by atoms with Crippen LogP contribution in [0.25, 0.3) is 0 Å². The van der Waals surface area contributed by atoms with Crippen molar-refractivity contribution in [1.82, 2.24) is 5.32 Å². The van der Waals surface area contributed by atoms with Crippen molar-refractivity contribution < 1.29 is 38.4 Å². The second kappa shape index (κ2) is 7.98. The third kappa shape index (κ3) is 4.34. The summed E-state index contributed by atoms with van der Waals surface area (Å²) in [6.45, 7) is 0.648. The number of ketones is 2. The maximum Gasteiger partial charge on any atom is 0.469 e. The second-order valence-electron chi connectivity index (χ2n) is 6.53. The average Bonchev–Trinajstić information content (AvgIpc) is 2.68. The van der Waals surface area contributed by atoms with E-state index in [4.69, 9.17) is 9.79 Å². The van der Waals surface area contributed by atoms with Crippen molar-refractivity contribution in [1.29, 1.82) is 0 Å². The molecule has 0 bridgehead atoms. The van der Waals surface area contributed by atoms with Gasteiger partial charge in [-0.2, -0.15) is 0 Å². The fourth-order valence-electron chi connectivity index (χ4n) is 3.09. The Kier molecular flexibility index (Phi) is 5.79. The van der Waals surface area contributed by atoms with E-state index in [0.717, 1.165) is 0 Å². The van der Waals surface area contributed by atoms with E-state index < -0.39 is 32.5 Å². The fourth-order valence-corrected chi connectivity index (χ4v) is 3.67. The molecule has 3 rings (SSSR count). The summed E-state index contributed by atoms with van der Waals surface area (Å²) in [5.41, 5.74) is 0.861. The maximum absolute atomic E-state index is 12.7. The lowest BCUT2D eigenvalue weighted by atomic mass is 9.83. The Bertz CT molecular complexity index is 1040. The van der Waals surface area contributed by atoms with Gasteiger partial charge in [0, 0.05) is 27.8 Å². The molecule has 2 aromatic carbocycles. The summed E-state index contributed by atoms with van der Waals surface area (Å²) in [7, 11) is -4.81. The highest BCUT2D eigenvalue weighted by Crippen LogP contribution is 2.38. The Morgan fingerprint density at radius 3 is 2.14 bits per heavy atom. The van der Waals surface area contributed by atoms with Crippen molar-refractivity contribution in [3.8, 4) is 0 Å². The van der Waals surface area contributed by atoms with E-state index in [0.29, 0.717) is 5.56 Å². The lowest BCUT2D eigenvalue weighted by Crippen LogP contribution is -2.45. The number of hydrogen-bond acceptors (Lipinski definition) is 6. The first-order valence-electron chi connectivity index (χ1n) is 8.60. The van der Waals surface area contributed by atoms with Crippen LogP contribution in [0.3, 0.4) is 0 Å². The van der Waals surface area contributed by atoms with Gasteiger partial charge in [-0.25, -0.2) is 4.57 Å². The Labute approximate surface area is 165 Å². The maximum atomic E-state index is 12.7. The highest BCUT2D eigenvalue weighted by atomic mass is 31.2. The number of aliphatic hydroxyl groups is 1. The Hall–Kier alpha value is -2.68. The van der Waals surface area contributed by atoms with Crippen molar-refractivity contribution in [2.24, 2.45) is 0 Å². The molecule has 0 aromatic heterocycles. The molecule has 0 heterocycles. The highest BCUT2D eigenvalue weighted by Gasteiger charge is 2.31. The molecule has 29 heavy (non-hydrogen) atoms. The van der Waals surface area contributed by atoms with Gasteiger partial charge in [0.25, 0.3) is 5.91 Å². The topological polar surface area (TPSA) is 150 Å². The molecule has 4 N–H and O–H groups in total. The van der Waals surface area contributed by atoms with Crippen LogP contribution in [0.1, 0.15) is 49.1 Å². The van der Waals surface area contributed by atoms with E-state index in [2.05, 4.69) is 9.84 Å². The van der Waals surface area contributed by atoms with Gasteiger partial charge in [-0.15, -0.1) is 0 Å². The summed E-state index contributed by atoms with van der Waals surface area (Å²) in [6.07, 6.45) is -1.18. The highest BCUT2D eigenvalue weighted by molar-refractivity contribution is 7.46. The lowest BCUT2D eigenvalue weighted by Gasteiger charge is -2.24. The number of phosphoric ester groups is 1. The molecule has 0 radical (unpaired) electrons. The predicted molar refractivity (Wildman–Crippen MR) is 101 cm³/mol. The van der Waals surface area contributed by atoms with E-state index in [9.17, 15) is 24.1 Å². The minimum Gasteiger partial charge on any atom is -0.394 e. The monoisotopic (exact) mass is 419 g/mol. The molecule has 1 amide bonds. The zero-order valence-electron chi connectivity index (χ0n) is 15.2. The molecule has 0 aliphatic heterocycles. The number of fused-ring (bicyclic) bond motifs is 2. The van der Waals surface area contributed by atoms with Crippen LogP contribution in [0.4, 0.5) is 0 Å². The lowest BCUT2D eigenvalue weighted by molar-refractivity contribution is 0.0709. The van der Waals surface area contributed by atoms with Crippen LogP contribution in [0.2, 0.25) is 0 Å². The third-order valence-electron chi connectivity index (χ3n) is 4.57. The zero-order valence-corrected chi connectivity index (χ0v) is 16.1. The third-order valence-corrected chi connectivity index (χ3v) is 5.18. The van der Waals surface area contributed by atoms with Gasteiger partial charge in [0.15, 0.2) is 11.6 Å². The fraction of sp³-hybridized carbons (Fsp3) is 0.211. The van der Waals surface area contributed by atoms with E-state index in [-0.39, 0.29) is 33.8 Å². The predicted octanol–water partition coefficient (Wildman–Crippen LogP) is 1.05. The van der Waals surface area contributed by atoms with Gasteiger partial charge in [0.05, 0.1) is 18.8 Å². The number of rotatable bonds is 6. The van der Waals surface area contributed by atoms with Gasteiger partial charge in [-0.3, -0.25) is 18.9 Å². The van der Waals surface area contributed by atoms with Gasteiger partial charge in [0.2, 0.25) is 0 Å². The molecular formula is C19H18NO8P. The van der Waals surface area contributed by atoms with Gasteiger partial charge in [-0.1, -0.05) is 24.3 Å². The van der Waals surface area contributed by atoms with Crippen molar-refractivity contribution in [3.05, 3.63) is 70.3 Å². The van der Waals surface area contributed by atoms with E-state index in [1.807, 2.05) is 0 Å². The summed E-state index contributed by atoms with van der Waals surface area (Å²) in [6, 6.07) is 9.31. The molecule has 1 aliphatic rings. The molecule has 0 unspecified atom stereocenters. The number of hydrogen-bond donors (Lipinski definition) is 4. The quantitative estimate of drug-likeness (QED) is 0.433. The number of carbonyl (C=O) groups excluding carboxylic acids is 3. The molecule has 152 valence electrons. The molecule has 0 saturated heterocycles. The minimum absolute atomic E-state index is 0.0473. The van der Waals surface area contributed by atoms with Crippen LogP contribution in [0.15, 0.2) is 42.5 Å². The Morgan fingerprint density at radius 1 is 1.03 bits per heavy atom. The van der Waals surface area contributed by atoms with Gasteiger partial charge in [0.1, 0.15) is 0 Å². The molecule has 0 fully saturated rings. The number of carbonyl (C=O) groups is 3. The second-order valence-corrected chi connectivity index (χ2v) is 7.72. The number of benzene rings is 2. The van der Waals surface area contributed by atoms with Crippen molar-refractivity contribution >= 4 is 25.3 Å². The summed E-state index contributed by atoms with van der Waals surface area (Å²) >= 11 is 0. The Morgan fingerprint density at radius 2 is 1.59 bits per heavy atom. The van der Waals surface area contributed by atoms with Gasteiger partial charge >= 0.3 is 7.82 Å².